The molecule has 3 unspecified atom stereocenters. The molecular formula is C11H21NO5. The highest BCUT2D eigenvalue weighted by Gasteiger charge is 2.25. The first kappa shape index (κ1) is 15.9. The Labute approximate surface area is 101 Å². The van der Waals surface area contributed by atoms with Crippen LogP contribution >= 0.6 is 0 Å². The quantitative estimate of drug-likeness (QED) is 0.636. The molecule has 0 rings (SSSR count). The van der Waals surface area contributed by atoms with Gasteiger partial charge in [-0.25, -0.2) is 0 Å². The molecule has 0 fully saturated rings. The Bertz CT molecular complexity index is 256. The Morgan fingerprint density at radius 2 is 1.82 bits per heavy atom. The number of carbonyl (C=O) groups excluding carboxylic acids is 1. The Hall–Kier alpha value is -1.14. The second-order valence-electron chi connectivity index (χ2n) is 3.97. The molecule has 1 amide bonds. The third-order valence-electron chi connectivity index (χ3n) is 2.74. The Morgan fingerprint density at radius 3 is 2.24 bits per heavy atom. The van der Waals surface area contributed by atoms with E-state index in [1.54, 1.807) is 14.0 Å². The van der Waals surface area contributed by atoms with E-state index in [1.165, 1.54) is 14.0 Å². The first-order valence-electron chi connectivity index (χ1n) is 5.46. The molecule has 0 heterocycles. The largest absolute Gasteiger partial charge is 0.481 e. The van der Waals surface area contributed by atoms with Crippen LogP contribution in [0.3, 0.4) is 0 Å². The SMILES string of the molecule is COCC(CNC(=O)C(C)C(C)C(=O)O)OC. The molecule has 100 valence electrons. The molecule has 3 atom stereocenters. The van der Waals surface area contributed by atoms with Crippen LogP contribution < -0.4 is 5.32 Å². The summed E-state index contributed by atoms with van der Waals surface area (Å²) in [5, 5.41) is 11.4. The van der Waals surface area contributed by atoms with Crippen molar-refractivity contribution in [3.8, 4) is 0 Å². The lowest BCUT2D eigenvalue weighted by atomic mass is 9.95. The molecule has 0 saturated heterocycles. The van der Waals surface area contributed by atoms with Crippen molar-refractivity contribution in [1.82, 2.24) is 5.32 Å². The molecule has 0 aliphatic heterocycles. The van der Waals surface area contributed by atoms with E-state index in [1.807, 2.05) is 0 Å². The number of aliphatic carboxylic acids is 1. The summed E-state index contributed by atoms with van der Waals surface area (Å²) in [5.41, 5.74) is 0. The molecule has 2 N–H and O–H groups in total. The summed E-state index contributed by atoms with van der Waals surface area (Å²) >= 11 is 0. The van der Waals surface area contributed by atoms with Gasteiger partial charge in [0.1, 0.15) is 0 Å². The van der Waals surface area contributed by atoms with E-state index in [4.69, 9.17) is 14.6 Å². The zero-order chi connectivity index (χ0) is 13.4. The molecule has 0 aliphatic carbocycles. The molecule has 17 heavy (non-hydrogen) atoms. The number of nitrogens with one attached hydrogen (secondary N) is 1. The van der Waals surface area contributed by atoms with Gasteiger partial charge in [-0.2, -0.15) is 0 Å². The summed E-state index contributed by atoms with van der Waals surface area (Å²) in [5.74, 6) is -2.56. The minimum atomic E-state index is -0.979. The average molecular weight is 247 g/mol. The van der Waals surface area contributed by atoms with Gasteiger partial charge in [-0.15, -0.1) is 0 Å². The van der Waals surface area contributed by atoms with E-state index in [2.05, 4.69) is 5.32 Å². The van der Waals surface area contributed by atoms with Crippen LogP contribution in [0.5, 0.6) is 0 Å². The second kappa shape index (κ2) is 8.03. The van der Waals surface area contributed by atoms with Crippen LogP contribution in [0.1, 0.15) is 13.8 Å². The van der Waals surface area contributed by atoms with Crippen LogP contribution in [-0.4, -0.2) is 50.5 Å². The molecule has 0 aromatic carbocycles. The van der Waals surface area contributed by atoms with Gasteiger partial charge in [0.2, 0.25) is 5.91 Å². The number of rotatable bonds is 8. The van der Waals surface area contributed by atoms with E-state index in [9.17, 15) is 9.59 Å². The van der Waals surface area contributed by atoms with Crippen molar-refractivity contribution in [3.63, 3.8) is 0 Å². The van der Waals surface area contributed by atoms with Gasteiger partial charge in [0.25, 0.3) is 0 Å². The van der Waals surface area contributed by atoms with Gasteiger partial charge < -0.3 is 19.9 Å². The Morgan fingerprint density at radius 1 is 1.24 bits per heavy atom. The van der Waals surface area contributed by atoms with Gasteiger partial charge in [-0.1, -0.05) is 13.8 Å². The van der Waals surface area contributed by atoms with Crippen molar-refractivity contribution in [2.45, 2.75) is 20.0 Å². The highest BCUT2D eigenvalue weighted by molar-refractivity contribution is 5.84. The van der Waals surface area contributed by atoms with Crippen molar-refractivity contribution in [2.24, 2.45) is 11.8 Å². The number of carbonyl (C=O) groups is 2. The van der Waals surface area contributed by atoms with Crippen molar-refractivity contribution >= 4 is 11.9 Å². The van der Waals surface area contributed by atoms with Crippen LogP contribution in [0, 0.1) is 11.8 Å². The molecule has 6 heteroatoms. The van der Waals surface area contributed by atoms with Gasteiger partial charge >= 0.3 is 5.97 Å². The molecule has 0 aromatic heterocycles. The lowest BCUT2D eigenvalue weighted by Crippen LogP contribution is -2.40. The van der Waals surface area contributed by atoms with Crippen molar-refractivity contribution in [2.75, 3.05) is 27.4 Å². The lowest BCUT2D eigenvalue weighted by molar-refractivity contribution is -0.146. The summed E-state index contributed by atoms with van der Waals surface area (Å²) in [6.07, 6.45) is -0.226. The molecule has 6 nitrogen and oxygen atoms in total. The first-order valence-corrected chi connectivity index (χ1v) is 5.46. The minimum Gasteiger partial charge on any atom is -0.481 e. The lowest BCUT2D eigenvalue weighted by Gasteiger charge is -2.19. The van der Waals surface area contributed by atoms with Crippen molar-refractivity contribution in [3.05, 3.63) is 0 Å². The Kier molecular flexibility index (Phi) is 7.49. The fourth-order valence-corrected chi connectivity index (χ4v) is 1.21. The van der Waals surface area contributed by atoms with Gasteiger partial charge in [0.15, 0.2) is 0 Å². The number of hydrogen-bond acceptors (Lipinski definition) is 4. The van der Waals surface area contributed by atoms with Gasteiger partial charge in [-0.3, -0.25) is 9.59 Å². The number of methoxy groups -OCH3 is 2. The van der Waals surface area contributed by atoms with Crippen LogP contribution in [0.15, 0.2) is 0 Å². The maximum atomic E-state index is 11.6. The average Bonchev–Trinajstić information content (AvgIpc) is 2.31. The summed E-state index contributed by atoms with van der Waals surface area (Å²) in [4.78, 5) is 22.4. The van der Waals surface area contributed by atoms with E-state index in [-0.39, 0.29) is 12.0 Å². The zero-order valence-corrected chi connectivity index (χ0v) is 10.7. The van der Waals surface area contributed by atoms with Crippen LogP contribution in [-0.2, 0) is 19.1 Å². The first-order chi connectivity index (χ1) is 7.93. The summed E-state index contributed by atoms with van der Waals surface area (Å²) < 4.78 is 9.98. The molecule has 0 bridgehead atoms. The summed E-state index contributed by atoms with van der Waals surface area (Å²) in [6.45, 7) is 3.78. The maximum Gasteiger partial charge on any atom is 0.307 e. The van der Waals surface area contributed by atoms with E-state index >= 15 is 0 Å². The standard InChI is InChI=1S/C11H21NO5/c1-7(8(2)11(14)15)10(13)12-5-9(17-4)6-16-3/h7-9H,5-6H2,1-4H3,(H,12,13)(H,14,15). The van der Waals surface area contributed by atoms with E-state index in [0.717, 1.165) is 0 Å². The van der Waals surface area contributed by atoms with E-state index < -0.39 is 17.8 Å². The molecule has 0 radical (unpaired) electrons. The fraction of sp³-hybridized carbons (Fsp3) is 0.818. The topological polar surface area (TPSA) is 84.9 Å². The van der Waals surface area contributed by atoms with Gasteiger partial charge in [-0.05, 0) is 0 Å². The molecule has 0 saturated carbocycles. The zero-order valence-electron chi connectivity index (χ0n) is 10.7. The van der Waals surface area contributed by atoms with Crippen LogP contribution in [0.2, 0.25) is 0 Å². The monoisotopic (exact) mass is 247 g/mol. The number of carboxylic acid groups (broad SMARTS) is 1. The van der Waals surface area contributed by atoms with E-state index in [0.29, 0.717) is 13.2 Å². The molecular weight excluding hydrogens is 226 g/mol. The molecule has 0 spiro atoms. The smallest absolute Gasteiger partial charge is 0.307 e. The number of ether oxygens (including phenoxy) is 2. The van der Waals surface area contributed by atoms with Crippen molar-refractivity contribution in [1.29, 1.82) is 0 Å². The highest BCUT2D eigenvalue weighted by atomic mass is 16.5. The third-order valence-corrected chi connectivity index (χ3v) is 2.74. The molecule has 0 aliphatic rings. The highest BCUT2D eigenvalue weighted by Crippen LogP contribution is 2.10. The normalized spacial score (nSPS) is 16.0. The number of carboxylic acids is 1. The fourth-order valence-electron chi connectivity index (χ4n) is 1.21. The maximum absolute atomic E-state index is 11.6. The minimum absolute atomic E-state index is 0.226. The third kappa shape index (κ3) is 5.65. The van der Waals surface area contributed by atoms with Gasteiger partial charge in [0, 0.05) is 26.7 Å². The second-order valence-corrected chi connectivity index (χ2v) is 3.97. The Balaban J connectivity index is 4.12. The van der Waals surface area contributed by atoms with Crippen LogP contribution in [0.25, 0.3) is 0 Å². The molecule has 0 aromatic rings. The predicted molar refractivity (Wildman–Crippen MR) is 61.6 cm³/mol. The van der Waals surface area contributed by atoms with Crippen LogP contribution in [0.4, 0.5) is 0 Å². The van der Waals surface area contributed by atoms with Crippen molar-refractivity contribution < 1.29 is 24.2 Å². The summed E-state index contributed by atoms with van der Waals surface area (Å²) in [7, 11) is 3.07. The predicted octanol–water partition coefficient (Wildman–Crippen LogP) is 0.121. The number of amides is 1. The summed E-state index contributed by atoms with van der Waals surface area (Å²) in [6, 6.07) is 0. The number of hydrogen-bond donors (Lipinski definition) is 2. The van der Waals surface area contributed by atoms with Gasteiger partial charge in [0.05, 0.1) is 18.6 Å².